The number of hydrogen-bond acceptors (Lipinski definition) is 7. The summed E-state index contributed by atoms with van der Waals surface area (Å²) >= 11 is 1.63. The van der Waals surface area contributed by atoms with Crippen LogP contribution in [0.5, 0.6) is 0 Å². The molecule has 6 rings (SSSR count). The van der Waals surface area contributed by atoms with Crippen molar-refractivity contribution in [3.63, 3.8) is 0 Å². The number of nitrogens with one attached hydrogen (secondary N) is 2. The van der Waals surface area contributed by atoms with Crippen LogP contribution in [0.1, 0.15) is 32.3 Å². The van der Waals surface area contributed by atoms with Crippen molar-refractivity contribution in [2.75, 3.05) is 13.2 Å². The average molecular weight is 577 g/mol. The highest BCUT2D eigenvalue weighted by Crippen LogP contribution is 2.68. The van der Waals surface area contributed by atoms with E-state index >= 15 is 0 Å². The van der Waals surface area contributed by atoms with Crippen molar-refractivity contribution in [1.82, 2.24) is 30.5 Å². The molecule has 3 aromatic rings. The van der Waals surface area contributed by atoms with Crippen LogP contribution in [-0.2, 0) is 27.5 Å². The summed E-state index contributed by atoms with van der Waals surface area (Å²) in [4.78, 5) is 43.7. The van der Waals surface area contributed by atoms with Crippen molar-refractivity contribution in [3.8, 4) is 0 Å². The molecule has 4 heterocycles. The predicted molar refractivity (Wildman–Crippen MR) is 155 cm³/mol. The fraction of sp³-hybridized carbons (Fsp3) is 0.500. The number of aliphatic hydroxyl groups is 1. The number of thioether (sulfide) groups is 1. The standard InChI is InChI=1S/C30H36N6O4S/c1-3-13-31-27(38)24-23-14-18(2)30(41-23)25(24)29(40)36(20(16-37)15-19-9-5-4-6-10-19)26(30)28(39)32-17-35-22-12-8-7-11-21(22)33-34-35/h4-12,18,20,23-26,37H,3,13-17H2,1-2H3,(H,31,38)(H,32,39)/t18?,20-,23-,24+,25+,26?,30?/m1/s1. The third kappa shape index (κ3) is 4.50. The van der Waals surface area contributed by atoms with Gasteiger partial charge in [-0.3, -0.25) is 14.4 Å². The van der Waals surface area contributed by atoms with Crippen LogP contribution in [0, 0.1) is 17.8 Å². The highest BCUT2D eigenvalue weighted by molar-refractivity contribution is 8.02. The fourth-order valence-corrected chi connectivity index (χ4v) is 9.65. The first-order chi connectivity index (χ1) is 19.9. The Labute approximate surface area is 243 Å². The summed E-state index contributed by atoms with van der Waals surface area (Å²) in [6, 6.07) is 15.7. The molecule has 3 aliphatic rings. The van der Waals surface area contributed by atoms with Crippen molar-refractivity contribution in [1.29, 1.82) is 0 Å². The lowest BCUT2D eigenvalue weighted by molar-refractivity contribution is -0.142. The summed E-state index contributed by atoms with van der Waals surface area (Å²) in [5.41, 5.74) is 2.47. The zero-order valence-electron chi connectivity index (χ0n) is 23.3. The van der Waals surface area contributed by atoms with Gasteiger partial charge in [0.25, 0.3) is 0 Å². The molecule has 0 radical (unpaired) electrons. The van der Waals surface area contributed by atoms with Crippen LogP contribution in [-0.4, -0.2) is 78.0 Å². The Bertz CT molecular complexity index is 1450. The van der Waals surface area contributed by atoms with E-state index < -0.39 is 28.7 Å². The Morgan fingerprint density at radius 2 is 1.88 bits per heavy atom. The van der Waals surface area contributed by atoms with E-state index in [2.05, 4.69) is 27.9 Å². The quantitative estimate of drug-likeness (QED) is 0.337. The Hall–Kier alpha value is -3.44. The molecule has 0 aliphatic carbocycles. The van der Waals surface area contributed by atoms with E-state index in [9.17, 15) is 19.5 Å². The van der Waals surface area contributed by atoms with Crippen molar-refractivity contribution in [2.24, 2.45) is 17.8 Å². The number of aromatic nitrogens is 3. The number of fused-ring (bicyclic) bond motifs is 2. The normalized spacial score (nSPS) is 29.1. The molecule has 0 saturated carbocycles. The van der Waals surface area contributed by atoms with E-state index in [1.54, 1.807) is 21.3 Å². The number of nitrogens with zero attached hydrogens (tertiary/aromatic N) is 4. The smallest absolute Gasteiger partial charge is 0.245 e. The van der Waals surface area contributed by atoms with Gasteiger partial charge >= 0.3 is 0 Å². The van der Waals surface area contributed by atoms with Gasteiger partial charge in [0, 0.05) is 11.8 Å². The van der Waals surface area contributed by atoms with Gasteiger partial charge in [-0.2, -0.15) is 0 Å². The Balaban J connectivity index is 1.36. The molecule has 1 spiro atoms. The molecule has 1 aromatic heterocycles. The summed E-state index contributed by atoms with van der Waals surface area (Å²) < 4.78 is 0.856. The van der Waals surface area contributed by atoms with Crippen LogP contribution in [0.4, 0.5) is 0 Å². The third-order valence-corrected chi connectivity index (χ3v) is 11.1. The molecule has 41 heavy (non-hydrogen) atoms. The van der Waals surface area contributed by atoms with Gasteiger partial charge in [0.05, 0.1) is 34.7 Å². The number of rotatable bonds is 10. The second-order valence-electron chi connectivity index (χ2n) is 11.4. The third-order valence-electron chi connectivity index (χ3n) is 9.03. The van der Waals surface area contributed by atoms with Crippen LogP contribution in [0.2, 0.25) is 0 Å². The lowest BCUT2D eigenvalue weighted by atomic mass is 9.66. The SMILES string of the molecule is CCCNC(=O)[C@@H]1[C@H]2C(=O)N([C@@H](CO)Cc3ccccc3)C(C(=O)NCn3nnc4ccccc43)C23S[C@@H]1CC3C. The van der Waals surface area contributed by atoms with E-state index in [1.807, 2.05) is 61.5 Å². The molecule has 3 fully saturated rings. The van der Waals surface area contributed by atoms with E-state index in [0.717, 1.165) is 29.4 Å². The second kappa shape index (κ2) is 11.1. The highest BCUT2D eigenvalue weighted by Gasteiger charge is 2.76. The van der Waals surface area contributed by atoms with Crippen LogP contribution in [0.25, 0.3) is 11.0 Å². The molecular formula is C30H36N6O4S. The second-order valence-corrected chi connectivity index (χ2v) is 12.9. The molecule has 10 nitrogen and oxygen atoms in total. The molecule has 7 atom stereocenters. The first-order valence-corrected chi connectivity index (χ1v) is 15.3. The summed E-state index contributed by atoms with van der Waals surface area (Å²) in [6.07, 6.45) is 1.96. The number of aliphatic hydroxyl groups excluding tert-OH is 1. The number of carbonyl (C=O) groups is 3. The minimum atomic E-state index is -0.843. The molecule has 216 valence electrons. The van der Waals surface area contributed by atoms with Gasteiger partial charge in [-0.05, 0) is 42.9 Å². The molecule has 2 aromatic carbocycles. The predicted octanol–water partition coefficient (Wildman–Crippen LogP) is 1.97. The molecule has 3 saturated heterocycles. The van der Waals surface area contributed by atoms with Gasteiger partial charge in [0.15, 0.2) is 0 Å². The number of para-hydroxylation sites is 1. The summed E-state index contributed by atoms with van der Waals surface area (Å²) in [5.74, 6) is -1.75. The van der Waals surface area contributed by atoms with Crippen LogP contribution >= 0.6 is 11.8 Å². The van der Waals surface area contributed by atoms with E-state index in [-0.39, 0.29) is 42.2 Å². The van der Waals surface area contributed by atoms with Crippen molar-refractivity contribution in [2.45, 2.75) is 61.9 Å². The molecule has 3 N–H and O–H groups in total. The van der Waals surface area contributed by atoms with Gasteiger partial charge in [-0.15, -0.1) is 16.9 Å². The van der Waals surface area contributed by atoms with E-state index in [1.165, 1.54) is 0 Å². The molecular weight excluding hydrogens is 540 g/mol. The lowest BCUT2D eigenvalue weighted by Crippen LogP contribution is -2.59. The number of amides is 3. The van der Waals surface area contributed by atoms with Crippen molar-refractivity contribution >= 4 is 40.5 Å². The average Bonchev–Trinajstić information content (AvgIpc) is 3.71. The maximum absolute atomic E-state index is 14.4. The zero-order valence-corrected chi connectivity index (χ0v) is 24.1. The summed E-state index contributed by atoms with van der Waals surface area (Å²) in [6.45, 7) is 4.42. The Kier molecular flexibility index (Phi) is 7.50. The van der Waals surface area contributed by atoms with Gasteiger partial charge in [0.1, 0.15) is 18.2 Å². The number of hydrogen-bond donors (Lipinski definition) is 3. The maximum Gasteiger partial charge on any atom is 0.245 e. The largest absolute Gasteiger partial charge is 0.394 e. The Morgan fingerprint density at radius 1 is 1.12 bits per heavy atom. The fourth-order valence-electron chi connectivity index (χ4n) is 7.24. The van der Waals surface area contributed by atoms with Gasteiger partial charge in [-0.25, -0.2) is 4.68 Å². The monoisotopic (exact) mass is 576 g/mol. The van der Waals surface area contributed by atoms with Gasteiger partial charge in [-0.1, -0.05) is 61.5 Å². The minimum absolute atomic E-state index is 0.0330. The number of benzene rings is 2. The Morgan fingerprint density at radius 3 is 2.63 bits per heavy atom. The van der Waals surface area contributed by atoms with Crippen molar-refractivity contribution < 1.29 is 19.5 Å². The van der Waals surface area contributed by atoms with Crippen molar-refractivity contribution in [3.05, 3.63) is 60.2 Å². The minimum Gasteiger partial charge on any atom is -0.394 e. The van der Waals surface area contributed by atoms with Gasteiger partial charge in [0.2, 0.25) is 17.7 Å². The molecule has 3 unspecified atom stereocenters. The zero-order chi connectivity index (χ0) is 28.7. The first kappa shape index (κ1) is 27.7. The van der Waals surface area contributed by atoms with Crippen LogP contribution in [0.3, 0.4) is 0 Å². The summed E-state index contributed by atoms with van der Waals surface area (Å²) in [5, 5.41) is 25.0. The topological polar surface area (TPSA) is 129 Å². The van der Waals surface area contributed by atoms with Gasteiger partial charge < -0.3 is 20.6 Å². The number of carbonyl (C=O) groups excluding carboxylic acids is 3. The molecule has 3 aliphatic heterocycles. The van der Waals surface area contributed by atoms with Crippen LogP contribution in [0.15, 0.2) is 54.6 Å². The van der Waals surface area contributed by atoms with E-state index in [4.69, 9.17) is 0 Å². The first-order valence-electron chi connectivity index (χ1n) is 14.4. The van der Waals surface area contributed by atoms with Crippen LogP contribution < -0.4 is 10.6 Å². The highest BCUT2D eigenvalue weighted by atomic mass is 32.2. The molecule has 11 heteroatoms. The summed E-state index contributed by atoms with van der Waals surface area (Å²) in [7, 11) is 0. The number of likely N-dealkylation sites (tertiary alicyclic amines) is 1. The molecule has 3 amide bonds. The lowest BCUT2D eigenvalue weighted by Gasteiger charge is -2.40. The van der Waals surface area contributed by atoms with E-state index in [0.29, 0.717) is 13.0 Å². The maximum atomic E-state index is 14.4. The molecule has 2 bridgehead atoms.